The number of aliphatic hydroxyl groups is 1. The van der Waals surface area contributed by atoms with Gasteiger partial charge in [-0.1, -0.05) is 6.42 Å². The summed E-state index contributed by atoms with van der Waals surface area (Å²) in [7, 11) is -2.85. The lowest BCUT2D eigenvalue weighted by Gasteiger charge is -2.11. The second-order valence-corrected chi connectivity index (χ2v) is 7.44. The molecule has 0 radical (unpaired) electrons. The zero-order valence-corrected chi connectivity index (χ0v) is 10.0. The molecule has 0 aromatic carbocycles. The Kier molecular flexibility index (Phi) is 3.08. The first-order chi connectivity index (χ1) is 6.99. The van der Waals surface area contributed by atoms with E-state index in [0.29, 0.717) is 18.8 Å². The number of aliphatic hydroxyl groups excluding tert-OH is 1. The van der Waals surface area contributed by atoms with Gasteiger partial charge < -0.3 is 5.11 Å². The number of rotatable bonds is 5. The van der Waals surface area contributed by atoms with Crippen molar-refractivity contribution >= 4 is 9.84 Å². The summed E-state index contributed by atoms with van der Waals surface area (Å²) < 4.78 is 21.8. The maximum Gasteiger partial charge on any atom is 0.147 e. The first kappa shape index (κ1) is 11.4. The Morgan fingerprint density at radius 1 is 1.33 bits per heavy atom. The molecule has 0 spiro atoms. The molecule has 3 atom stereocenters. The summed E-state index contributed by atoms with van der Waals surface area (Å²) in [5.41, 5.74) is 0. The number of hydrogen-bond donors (Lipinski definition) is 1. The van der Waals surface area contributed by atoms with Crippen LogP contribution in [0.3, 0.4) is 0 Å². The van der Waals surface area contributed by atoms with Crippen LogP contribution in [0.15, 0.2) is 0 Å². The predicted octanol–water partition coefficient (Wildman–Crippen LogP) is 1.22. The lowest BCUT2D eigenvalue weighted by molar-refractivity contribution is 0.125. The quantitative estimate of drug-likeness (QED) is 0.775. The fraction of sp³-hybridized carbons (Fsp3) is 1.00. The maximum absolute atomic E-state index is 10.9. The third kappa shape index (κ3) is 2.72. The Morgan fingerprint density at radius 2 is 1.93 bits per heavy atom. The number of fused-ring (bicyclic) bond motifs is 1. The molecule has 0 aromatic heterocycles. The molecule has 0 heterocycles. The van der Waals surface area contributed by atoms with E-state index in [2.05, 4.69) is 0 Å². The van der Waals surface area contributed by atoms with Gasteiger partial charge in [-0.05, 0) is 43.4 Å². The Balaban J connectivity index is 1.68. The van der Waals surface area contributed by atoms with E-state index in [1.807, 2.05) is 0 Å². The molecule has 0 bridgehead atoms. The average Bonchev–Trinajstić information content (AvgIpc) is 2.58. The largest absolute Gasteiger partial charge is 0.393 e. The van der Waals surface area contributed by atoms with E-state index in [1.165, 1.54) is 25.5 Å². The van der Waals surface area contributed by atoms with Crippen LogP contribution in [0.5, 0.6) is 0 Å². The highest BCUT2D eigenvalue weighted by Gasteiger charge is 2.55. The second kappa shape index (κ2) is 4.06. The molecule has 88 valence electrons. The molecular weight excluding hydrogens is 212 g/mol. The second-order valence-electron chi connectivity index (χ2n) is 5.18. The van der Waals surface area contributed by atoms with Gasteiger partial charge in [0.1, 0.15) is 9.84 Å². The molecule has 2 rings (SSSR count). The van der Waals surface area contributed by atoms with Crippen LogP contribution in [0.4, 0.5) is 0 Å². The lowest BCUT2D eigenvalue weighted by Crippen LogP contribution is -2.15. The van der Waals surface area contributed by atoms with Crippen LogP contribution in [0, 0.1) is 17.8 Å². The van der Waals surface area contributed by atoms with E-state index < -0.39 is 9.84 Å². The van der Waals surface area contributed by atoms with Crippen molar-refractivity contribution < 1.29 is 13.5 Å². The van der Waals surface area contributed by atoms with Crippen LogP contribution in [0.2, 0.25) is 0 Å². The van der Waals surface area contributed by atoms with E-state index >= 15 is 0 Å². The summed E-state index contributed by atoms with van der Waals surface area (Å²) in [6.45, 7) is 0. The molecule has 1 N–H and O–H groups in total. The van der Waals surface area contributed by atoms with E-state index in [4.69, 9.17) is 0 Å². The molecule has 4 heteroatoms. The topological polar surface area (TPSA) is 54.4 Å². The van der Waals surface area contributed by atoms with Gasteiger partial charge in [-0.25, -0.2) is 8.42 Å². The minimum atomic E-state index is -2.85. The highest BCUT2D eigenvalue weighted by Crippen LogP contribution is 2.59. The molecular formula is C11H20O3S. The maximum atomic E-state index is 10.9. The van der Waals surface area contributed by atoms with Crippen molar-refractivity contribution in [1.29, 1.82) is 0 Å². The molecule has 3 unspecified atom stereocenters. The Hall–Kier alpha value is -0.0900. The molecule has 2 aliphatic rings. The molecule has 2 aliphatic carbocycles. The van der Waals surface area contributed by atoms with Crippen LogP contribution in [-0.2, 0) is 9.84 Å². The molecule has 0 aromatic rings. The Labute approximate surface area is 91.8 Å². The third-order valence-corrected chi connectivity index (χ3v) is 4.96. The van der Waals surface area contributed by atoms with E-state index in [-0.39, 0.29) is 11.9 Å². The van der Waals surface area contributed by atoms with Crippen LogP contribution in [0.1, 0.15) is 32.1 Å². The SMILES string of the molecule is CS(=O)(=O)CCCC(O)C1C2CCCC21. The van der Waals surface area contributed by atoms with Gasteiger partial charge in [-0.2, -0.15) is 0 Å². The third-order valence-electron chi connectivity index (χ3n) is 3.93. The summed E-state index contributed by atoms with van der Waals surface area (Å²) in [6.07, 6.45) is 6.15. The smallest absolute Gasteiger partial charge is 0.147 e. The van der Waals surface area contributed by atoms with Crippen LogP contribution in [0.25, 0.3) is 0 Å². The zero-order chi connectivity index (χ0) is 11.1. The normalized spacial score (nSPS) is 36.3. The van der Waals surface area contributed by atoms with Gasteiger partial charge in [0, 0.05) is 12.0 Å². The highest BCUT2D eigenvalue weighted by atomic mass is 32.2. The molecule has 0 amide bonds. The Morgan fingerprint density at radius 3 is 2.47 bits per heavy atom. The van der Waals surface area contributed by atoms with E-state index in [9.17, 15) is 13.5 Å². The minimum absolute atomic E-state index is 0.214. The molecule has 2 fully saturated rings. The fourth-order valence-corrected chi connectivity index (χ4v) is 3.89. The Bertz CT molecular complexity index is 313. The van der Waals surface area contributed by atoms with Crippen LogP contribution in [-0.4, -0.2) is 31.6 Å². The van der Waals surface area contributed by atoms with Crippen LogP contribution >= 0.6 is 0 Å². The van der Waals surface area contributed by atoms with Gasteiger partial charge in [0.05, 0.1) is 6.10 Å². The van der Waals surface area contributed by atoms with Crippen LogP contribution < -0.4 is 0 Å². The van der Waals surface area contributed by atoms with Gasteiger partial charge in [-0.3, -0.25) is 0 Å². The van der Waals surface area contributed by atoms with Crippen molar-refractivity contribution in [2.24, 2.45) is 17.8 Å². The van der Waals surface area contributed by atoms with Crippen molar-refractivity contribution in [1.82, 2.24) is 0 Å². The van der Waals surface area contributed by atoms with Crippen molar-refractivity contribution in [3.05, 3.63) is 0 Å². The number of sulfone groups is 1. The molecule has 2 saturated carbocycles. The predicted molar refractivity (Wildman–Crippen MR) is 59.3 cm³/mol. The first-order valence-electron chi connectivity index (χ1n) is 5.85. The van der Waals surface area contributed by atoms with Gasteiger partial charge in [0.2, 0.25) is 0 Å². The van der Waals surface area contributed by atoms with E-state index in [1.54, 1.807) is 0 Å². The standard InChI is InChI=1S/C11H20O3S/c1-15(13,14)7-3-6-10(12)11-8-4-2-5-9(8)11/h8-12H,2-7H2,1H3. The summed E-state index contributed by atoms with van der Waals surface area (Å²) in [6, 6.07) is 0. The van der Waals surface area contributed by atoms with Gasteiger partial charge in [0.15, 0.2) is 0 Å². The van der Waals surface area contributed by atoms with Crippen molar-refractivity contribution in [3.63, 3.8) is 0 Å². The van der Waals surface area contributed by atoms with Crippen molar-refractivity contribution in [3.8, 4) is 0 Å². The minimum Gasteiger partial charge on any atom is -0.393 e. The van der Waals surface area contributed by atoms with Gasteiger partial charge >= 0.3 is 0 Å². The van der Waals surface area contributed by atoms with Gasteiger partial charge in [0.25, 0.3) is 0 Å². The molecule has 0 saturated heterocycles. The van der Waals surface area contributed by atoms with Crippen molar-refractivity contribution in [2.75, 3.05) is 12.0 Å². The molecule has 15 heavy (non-hydrogen) atoms. The molecule has 3 nitrogen and oxygen atoms in total. The average molecular weight is 232 g/mol. The fourth-order valence-electron chi connectivity index (χ4n) is 3.19. The van der Waals surface area contributed by atoms with Crippen molar-refractivity contribution in [2.45, 2.75) is 38.2 Å². The first-order valence-corrected chi connectivity index (χ1v) is 7.91. The monoisotopic (exact) mass is 232 g/mol. The highest BCUT2D eigenvalue weighted by molar-refractivity contribution is 7.90. The zero-order valence-electron chi connectivity index (χ0n) is 9.22. The lowest BCUT2D eigenvalue weighted by atomic mass is 10.0. The summed E-state index contributed by atoms with van der Waals surface area (Å²) in [5.74, 6) is 2.24. The molecule has 0 aliphatic heterocycles. The summed E-state index contributed by atoms with van der Waals surface area (Å²) >= 11 is 0. The van der Waals surface area contributed by atoms with Gasteiger partial charge in [-0.15, -0.1) is 0 Å². The number of hydrogen-bond acceptors (Lipinski definition) is 3. The van der Waals surface area contributed by atoms with E-state index in [0.717, 1.165) is 11.8 Å². The summed E-state index contributed by atoms with van der Waals surface area (Å²) in [4.78, 5) is 0. The summed E-state index contributed by atoms with van der Waals surface area (Å²) in [5, 5.41) is 9.90.